The lowest BCUT2D eigenvalue weighted by atomic mass is 9.83. The molecule has 0 spiro atoms. The molecule has 1 atom stereocenters. The van der Waals surface area contributed by atoms with Crippen molar-refractivity contribution >= 4 is 0 Å². The Labute approximate surface area is 109 Å². The Kier molecular flexibility index (Phi) is 7.92. The third kappa shape index (κ3) is 7.08. The first-order valence-corrected chi connectivity index (χ1v) is 7.95. The molecule has 1 saturated carbocycles. The number of nitrogens with one attached hydrogen (secondary N) is 1. The van der Waals surface area contributed by atoms with Crippen molar-refractivity contribution in [3.8, 4) is 0 Å². The van der Waals surface area contributed by atoms with Crippen LogP contribution >= 0.6 is 0 Å². The molecule has 102 valence electrons. The van der Waals surface area contributed by atoms with Crippen molar-refractivity contribution in [1.82, 2.24) is 5.32 Å². The van der Waals surface area contributed by atoms with E-state index in [1.54, 1.807) is 0 Å². The SMILES string of the molecule is CCCCCCC(C)NCC1CCC(C)CC1. The van der Waals surface area contributed by atoms with Gasteiger partial charge in [-0.2, -0.15) is 0 Å². The van der Waals surface area contributed by atoms with E-state index in [1.165, 1.54) is 64.3 Å². The number of rotatable bonds is 8. The van der Waals surface area contributed by atoms with Gasteiger partial charge in [0.25, 0.3) is 0 Å². The lowest BCUT2D eigenvalue weighted by molar-refractivity contribution is 0.273. The Morgan fingerprint density at radius 3 is 2.41 bits per heavy atom. The summed E-state index contributed by atoms with van der Waals surface area (Å²) in [6, 6.07) is 0.728. The van der Waals surface area contributed by atoms with Crippen LogP contribution in [0.15, 0.2) is 0 Å². The van der Waals surface area contributed by atoms with Crippen molar-refractivity contribution < 1.29 is 0 Å². The third-order valence-electron chi connectivity index (χ3n) is 4.38. The minimum atomic E-state index is 0.728. The molecule has 1 aliphatic rings. The van der Waals surface area contributed by atoms with Crippen LogP contribution < -0.4 is 5.32 Å². The molecule has 0 radical (unpaired) electrons. The van der Waals surface area contributed by atoms with E-state index in [9.17, 15) is 0 Å². The second kappa shape index (κ2) is 8.97. The van der Waals surface area contributed by atoms with Crippen LogP contribution in [0.2, 0.25) is 0 Å². The van der Waals surface area contributed by atoms with E-state index in [1.807, 2.05) is 0 Å². The molecule has 0 heterocycles. The highest BCUT2D eigenvalue weighted by atomic mass is 14.9. The Balaban J connectivity index is 1.97. The Bertz CT molecular complexity index is 170. The highest BCUT2D eigenvalue weighted by Gasteiger charge is 2.18. The van der Waals surface area contributed by atoms with Gasteiger partial charge in [0.1, 0.15) is 0 Å². The van der Waals surface area contributed by atoms with Crippen LogP contribution in [0.1, 0.15) is 78.6 Å². The molecule has 0 saturated heterocycles. The molecule has 1 N–H and O–H groups in total. The fraction of sp³-hybridized carbons (Fsp3) is 1.00. The summed E-state index contributed by atoms with van der Waals surface area (Å²) in [5.41, 5.74) is 0. The average molecular weight is 239 g/mol. The number of hydrogen-bond donors (Lipinski definition) is 1. The van der Waals surface area contributed by atoms with Crippen LogP contribution in [-0.4, -0.2) is 12.6 Å². The minimum absolute atomic E-state index is 0.728. The van der Waals surface area contributed by atoms with Gasteiger partial charge in [0.05, 0.1) is 0 Å². The highest BCUT2D eigenvalue weighted by Crippen LogP contribution is 2.27. The fourth-order valence-electron chi connectivity index (χ4n) is 2.88. The maximum Gasteiger partial charge on any atom is 0.00388 e. The van der Waals surface area contributed by atoms with Gasteiger partial charge in [-0.1, -0.05) is 52.4 Å². The minimum Gasteiger partial charge on any atom is -0.314 e. The zero-order valence-electron chi connectivity index (χ0n) is 12.3. The van der Waals surface area contributed by atoms with Crippen molar-refractivity contribution in [3.05, 3.63) is 0 Å². The van der Waals surface area contributed by atoms with Crippen molar-refractivity contribution in [2.75, 3.05) is 6.54 Å². The van der Waals surface area contributed by atoms with E-state index in [4.69, 9.17) is 0 Å². The lowest BCUT2D eigenvalue weighted by Gasteiger charge is -2.27. The maximum atomic E-state index is 3.74. The second-order valence-electron chi connectivity index (χ2n) is 6.28. The number of unbranched alkanes of at least 4 members (excludes halogenated alkanes) is 3. The van der Waals surface area contributed by atoms with Crippen molar-refractivity contribution in [1.29, 1.82) is 0 Å². The first-order valence-electron chi connectivity index (χ1n) is 7.95. The molecule has 1 heteroatoms. The van der Waals surface area contributed by atoms with E-state index >= 15 is 0 Å². The average Bonchev–Trinajstić information content (AvgIpc) is 2.34. The summed E-state index contributed by atoms with van der Waals surface area (Å²) in [4.78, 5) is 0. The van der Waals surface area contributed by atoms with E-state index in [-0.39, 0.29) is 0 Å². The molecule has 17 heavy (non-hydrogen) atoms. The van der Waals surface area contributed by atoms with E-state index in [0.29, 0.717) is 0 Å². The zero-order chi connectivity index (χ0) is 12.5. The van der Waals surface area contributed by atoms with Crippen LogP contribution in [0.5, 0.6) is 0 Å². The monoisotopic (exact) mass is 239 g/mol. The van der Waals surface area contributed by atoms with E-state index in [0.717, 1.165) is 17.9 Å². The smallest absolute Gasteiger partial charge is 0.00388 e. The zero-order valence-corrected chi connectivity index (χ0v) is 12.3. The summed E-state index contributed by atoms with van der Waals surface area (Å²) in [6.45, 7) is 8.31. The molecule has 0 aromatic carbocycles. The third-order valence-corrected chi connectivity index (χ3v) is 4.38. The van der Waals surface area contributed by atoms with E-state index < -0.39 is 0 Å². The van der Waals surface area contributed by atoms with Gasteiger partial charge >= 0.3 is 0 Å². The summed E-state index contributed by atoms with van der Waals surface area (Å²) in [6.07, 6.45) is 12.8. The standard InChI is InChI=1S/C16H33N/c1-4-5-6-7-8-15(3)17-13-16-11-9-14(2)10-12-16/h14-17H,4-13H2,1-3H3. The van der Waals surface area contributed by atoms with Gasteiger partial charge in [-0.3, -0.25) is 0 Å². The van der Waals surface area contributed by atoms with Gasteiger partial charge < -0.3 is 5.32 Å². The Morgan fingerprint density at radius 2 is 1.76 bits per heavy atom. The summed E-state index contributed by atoms with van der Waals surface area (Å²) in [5, 5.41) is 3.74. The van der Waals surface area contributed by atoms with Gasteiger partial charge in [-0.15, -0.1) is 0 Å². The molecular formula is C16H33N. The molecular weight excluding hydrogens is 206 g/mol. The molecule has 0 aromatic heterocycles. The summed E-state index contributed by atoms with van der Waals surface area (Å²) < 4.78 is 0. The van der Waals surface area contributed by atoms with Crippen LogP contribution in [0.4, 0.5) is 0 Å². The van der Waals surface area contributed by atoms with Crippen LogP contribution in [0.3, 0.4) is 0 Å². The van der Waals surface area contributed by atoms with Gasteiger partial charge in [0.15, 0.2) is 0 Å². The first-order chi connectivity index (χ1) is 8.22. The van der Waals surface area contributed by atoms with Crippen molar-refractivity contribution in [3.63, 3.8) is 0 Å². The molecule has 0 aliphatic heterocycles. The van der Waals surface area contributed by atoms with Gasteiger partial charge in [-0.05, 0) is 44.6 Å². The van der Waals surface area contributed by atoms with Crippen molar-refractivity contribution in [2.45, 2.75) is 84.6 Å². The van der Waals surface area contributed by atoms with E-state index in [2.05, 4.69) is 26.1 Å². The molecule has 0 aromatic rings. The predicted molar refractivity (Wildman–Crippen MR) is 77.3 cm³/mol. The molecule has 0 amide bonds. The largest absolute Gasteiger partial charge is 0.314 e. The molecule has 1 fully saturated rings. The second-order valence-corrected chi connectivity index (χ2v) is 6.28. The van der Waals surface area contributed by atoms with Gasteiger partial charge in [-0.25, -0.2) is 0 Å². The topological polar surface area (TPSA) is 12.0 Å². The molecule has 1 aliphatic carbocycles. The fourth-order valence-corrected chi connectivity index (χ4v) is 2.88. The molecule has 1 unspecified atom stereocenters. The normalized spacial score (nSPS) is 27.0. The van der Waals surface area contributed by atoms with Gasteiger partial charge in [0.2, 0.25) is 0 Å². The molecule has 1 rings (SSSR count). The summed E-state index contributed by atoms with van der Waals surface area (Å²) in [5.74, 6) is 1.95. The maximum absolute atomic E-state index is 3.74. The highest BCUT2D eigenvalue weighted by molar-refractivity contribution is 4.73. The Hall–Kier alpha value is -0.0400. The molecule has 0 bridgehead atoms. The first kappa shape index (κ1) is 15.0. The molecule has 1 nitrogen and oxygen atoms in total. The van der Waals surface area contributed by atoms with Gasteiger partial charge in [0, 0.05) is 6.04 Å². The summed E-state index contributed by atoms with van der Waals surface area (Å²) >= 11 is 0. The predicted octanol–water partition coefficient (Wildman–Crippen LogP) is 4.76. The summed E-state index contributed by atoms with van der Waals surface area (Å²) in [7, 11) is 0. The number of hydrogen-bond acceptors (Lipinski definition) is 1. The van der Waals surface area contributed by atoms with Crippen LogP contribution in [0.25, 0.3) is 0 Å². The lowest BCUT2D eigenvalue weighted by Crippen LogP contribution is -2.32. The Morgan fingerprint density at radius 1 is 1.06 bits per heavy atom. The van der Waals surface area contributed by atoms with Crippen molar-refractivity contribution in [2.24, 2.45) is 11.8 Å². The van der Waals surface area contributed by atoms with Crippen LogP contribution in [0, 0.1) is 11.8 Å². The van der Waals surface area contributed by atoms with Crippen LogP contribution in [-0.2, 0) is 0 Å². The quantitative estimate of drug-likeness (QED) is 0.602.